The SMILES string of the molecule is CC(C)CCNC(N)=NCC(CC(C)C)N(C)C.I. The van der Waals surface area contributed by atoms with E-state index in [0.29, 0.717) is 23.8 Å². The smallest absolute Gasteiger partial charge is 0.188 e. The first-order valence-electron chi connectivity index (χ1n) is 7.03. The second kappa shape index (κ2) is 11.8. The van der Waals surface area contributed by atoms with Crippen LogP contribution in [0.5, 0.6) is 0 Å². The topological polar surface area (TPSA) is 53.6 Å². The number of nitrogens with two attached hydrogens (primary N) is 1. The van der Waals surface area contributed by atoms with E-state index < -0.39 is 0 Å². The number of hydrogen-bond donors (Lipinski definition) is 2. The first-order chi connectivity index (χ1) is 8.32. The highest BCUT2D eigenvalue weighted by Crippen LogP contribution is 2.09. The van der Waals surface area contributed by atoms with Gasteiger partial charge in [-0.25, -0.2) is 0 Å². The first kappa shape index (κ1) is 21.3. The largest absolute Gasteiger partial charge is 0.370 e. The predicted molar refractivity (Wildman–Crippen MR) is 96.3 cm³/mol. The van der Waals surface area contributed by atoms with Crippen LogP contribution in [0.25, 0.3) is 0 Å². The average Bonchev–Trinajstić information content (AvgIpc) is 2.22. The molecule has 0 aromatic carbocycles. The van der Waals surface area contributed by atoms with Crippen LogP contribution in [-0.2, 0) is 0 Å². The third kappa shape index (κ3) is 12.7. The number of likely N-dealkylation sites (N-methyl/N-ethyl adjacent to an activating group) is 1. The summed E-state index contributed by atoms with van der Waals surface area (Å²) in [7, 11) is 4.20. The minimum absolute atomic E-state index is 0. The molecule has 0 saturated carbocycles. The van der Waals surface area contributed by atoms with Crippen molar-refractivity contribution in [3.05, 3.63) is 0 Å². The number of guanidine groups is 1. The molecule has 0 bridgehead atoms. The standard InChI is InChI=1S/C14H32N4.HI/c1-11(2)7-8-16-14(15)17-10-13(18(5)6)9-12(3)4;/h11-13H,7-10H2,1-6H3,(H3,15,16,17);1H. The minimum Gasteiger partial charge on any atom is -0.370 e. The number of aliphatic imine (C=N–C) groups is 1. The van der Waals surface area contributed by atoms with Gasteiger partial charge >= 0.3 is 0 Å². The number of hydrogen-bond acceptors (Lipinski definition) is 2. The predicted octanol–water partition coefficient (Wildman–Crippen LogP) is 2.53. The normalized spacial score (nSPS) is 13.8. The summed E-state index contributed by atoms with van der Waals surface area (Å²) in [5.74, 6) is 1.95. The molecule has 0 aliphatic rings. The second-order valence-corrected chi connectivity index (χ2v) is 6.08. The van der Waals surface area contributed by atoms with Crippen LogP contribution in [0.3, 0.4) is 0 Å². The van der Waals surface area contributed by atoms with Crippen molar-refractivity contribution in [1.82, 2.24) is 10.2 Å². The number of rotatable bonds is 8. The van der Waals surface area contributed by atoms with Gasteiger partial charge in [0.25, 0.3) is 0 Å². The first-order valence-corrected chi connectivity index (χ1v) is 7.03. The number of nitrogens with one attached hydrogen (secondary N) is 1. The van der Waals surface area contributed by atoms with Gasteiger partial charge in [0.15, 0.2) is 5.96 Å². The van der Waals surface area contributed by atoms with Crippen molar-refractivity contribution >= 4 is 29.9 Å². The van der Waals surface area contributed by atoms with E-state index in [4.69, 9.17) is 5.73 Å². The summed E-state index contributed by atoms with van der Waals surface area (Å²) in [5.41, 5.74) is 5.86. The lowest BCUT2D eigenvalue weighted by molar-refractivity contribution is 0.261. The van der Waals surface area contributed by atoms with Crippen LogP contribution < -0.4 is 11.1 Å². The molecule has 0 rings (SSSR count). The molecule has 0 aliphatic heterocycles. The third-order valence-corrected chi connectivity index (χ3v) is 2.97. The third-order valence-electron chi connectivity index (χ3n) is 2.97. The van der Waals surface area contributed by atoms with E-state index in [-0.39, 0.29) is 24.0 Å². The van der Waals surface area contributed by atoms with Crippen LogP contribution in [0.2, 0.25) is 0 Å². The molecular weight excluding hydrogens is 351 g/mol. The average molecular weight is 384 g/mol. The fraction of sp³-hybridized carbons (Fsp3) is 0.929. The summed E-state index contributed by atoms with van der Waals surface area (Å²) in [5, 5.41) is 3.17. The summed E-state index contributed by atoms with van der Waals surface area (Å²) >= 11 is 0. The zero-order valence-electron chi connectivity index (χ0n) is 13.4. The fourth-order valence-corrected chi connectivity index (χ4v) is 1.74. The molecule has 116 valence electrons. The maximum atomic E-state index is 5.86. The molecule has 0 radical (unpaired) electrons. The fourth-order valence-electron chi connectivity index (χ4n) is 1.74. The molecular formula is C14H33IN4. The van der Waals surface area contributed by atoms with Gasteiger partial charge in [0, 0.05) is 12.6 Å². The highest BCUT2D eigenvalue weighted by Gasteiger charge is 2.12. The Morgan fingerprint density at radius 2 is 1.74 bits per heavy atom. The molecule has 0 heterocycles. The molecule has 0 aromatic heterocycles. The zero-order chi connectivity index (χ0) is 14.1. The molecule has 0 spiro atoms. The Kier molecular flexibility index (Phi) is 13.2. The van der Waals surface area contributed by atoms with Gasteiger partial charge < -0.3 is 16.0 Å². The molecule has 0 aliphatic carbocycles. The summed E-state index contributed by atoms with van der Waals surface area (Å²) in [6.45, 7) is 10.6. The van der Waals surface area contributed by atoms with E-state index in [1.54, 1.807) is 0 Å². The molecule has 0 aromatic rings. The van der Waals surface area contributed by atoms with Crippen LogP contribution in [0, 0.1) is 11.8 Å². The van der Waals surface area contributed by atoms with E-state index >= 15 is 0 Å². The summed E-state index contributed by atoms with van der Waals surface area (Å²) in [6.07, 6.45) is 2.27. The van der Waals surface area contributed by atoms with Crippen molar-refractivity contribution in [2.45, 2.75) is 46.6 Å². The Bertz CT molecular complexity index is 240. The number of halogens is 1. The minimum atomic E-state index is 0. The lowest BCUT2D eigenvalue weighted by atomic mass is 10.0. The molecule has 1 atom stereocenters. The van der Waals surface area contributed by atoms with Crippen LogP contribution >= 0.6 is 24.0 Å². The van der Waals surface area contributed by atoms with Crippen LogP contribution in [0.15, 0.2) is 4.99 Å². The maximum absolute atomic E-state index is 5.86. The Labute approximate surface area is 136 Å². The molecule has 4 nitrogen and oxygen atoms in total. The summed E-state index contributed by atoms with van der Waals surface area (Å²) < 4.78 is 0. The molecule has 3 N–H and O–H groups in total. The van der Waals surface area contributed by atoms with Crippen molar-refractivity contribution in [1.29, 1.82) is 0 Å². The quantitative estimate of drug-likeness (QED) is 0.384. The maximum Gasteiger partial charge on any atom is 0.188 e. The van der Waals surface area contributed by atoms with Crippen molar-refractivity contribution in [3.63, 3.8) is 0 Å². The molecule has 1 unspecified atom stereocenters. The van der Waals surface area contributed by atoms with E-state index in [0.717, 1.165) is 25.9 Å². The van der Waals surface area contributed by atoms with Crippen molar-refractivity contribution in [2.75, 3.05) is 27.2 Å². The monoisotopic (exact) mass is 384 g/mol. The van der Waals surface area contributed by atoms with Gasteiger partial charge in [0.1, 0.15) is 0 Å². The lowest BCUT2D eigenvalue weighted by Crippen LogP contribution is -2.36. The lowest BCUT2D eigenvalue weighted by Gasteiger charge is -2.24. The van der Waals surface area contributed by atoms with Gasteiger partial charge in [0.05, 0.1) is 6.54 Å². The molecule has 0 saturated heterocycles. The Balaban J connectivity index is 0. The zero-order valence-corrected chi connectivity index (χ0v) is 15.8. The highest BCUT2D eigenvalue weighted by atomic mass is 127. The van der Waals surface area contributed by atoms with Gasteiger partial charge in [-0.05, 0) is 38.8 Å². The van der Waals surface area contributed by atoms with Gasteiger partial charge in [-0.2, -0.15) is 0 Å². The van der Waals surface area contributed by atoms with Crippen LogP contribution in [0.4, 0.5) is 0 Å². The van der Waals surface area contributed by atoms with Gasteiger partial charge in [-0.1, -0.05) is 27.7 Å². The summed E-state index contributed by atoms with van der Waals surface area (Å²) in [6, 6.07) is 0.468. The van der Waals surface area contributed by atoms with Crippen LogP contribution in [-0.4, -0.2) is 44.1 Å². The van der Waals surface area contributed by atoms with Gasteiger partial charge in [-0.15, -0.1) is 24.0 Å². The molecule has 0 fully saturated rings. The van der Waals surface area contributed by atoms with Gasteiger partial charge in [0.2, 0.25) is 0 Å². The van der Waals surface area contributed by atoms with Crippen molar-refractivity contribution < 1.29 is 0 Å². The second-order valence-electron chi connectivity index (χ2n) is 6.08. The highest BCUT2D eigenvalue weighted by molar-refractivity contribution is 14.0. The number of nitrogens with zero attached hydrogens (tertiary/aromatic N) is 2. The molecule has 0 amide bonds. The molecule has 19 heavy (non-hydrogen) atoms. The Hall–Kier alpha value is -0.0400. The van der Waals surface area contributed by atoms with Crippen molar-refractivity contribution in [2.24, 2.45) is 22.6 Å². The summed E-state index contributed by atoms with van der Waals surface area (Å²) in [4.78, 5) is 6.66. The van der Waals surface area contributed by atoms with E-state index in [1.165, 1.54) is 0 Å². The van der Waals surface area contributed by atoms with E-state index in [2.05, 4.69) is 57.0 Å². The van der Waals surface area contributed by atoms with E-state index in [9.17, 15) is 0 Å². The Morgan fingerprint density at radius 1 is 1.16 bits per heavy atom. The Morgan fingerprint density at radius 3 is 2.16 bits per heavy atom. The van der Waals surface area contributed by atoms with E-state index in [1.807, 2.05) is 0 Å². The van der Waals surface area contributed by atoms with Crippen molar-refractivity contribution in [3.8, 4) is 0 Å². The van der Waals surface area contributed by atoms with Gasteiger partial charge in [-0.3, -0.25) is 4.99 Å². The molecule has 5 heteroatoms. The van der Waals surface area contributed by atoms with Crippen LogP contribution in [0.1, 0.15) is 40.5 Å².